The Bertz CT molecular complexity index is 181. The largest absolute Gasteiger partial charge is 0.354 e. The van der Waals surface area contributed by atoms with Gasteiger partial charge in [-0.1, -0.05) is 11.8 Å². The predicted octanol–water partition coefficient (Wildman–Crippen LogP) is -0.559. The van der Waals surface area contributed by atoms with Gasteiger partial charge < -0.3 is 5.32 Å². The fraction of sp³-hybridized carbons (Fsp3) is 0.500. The van der Waals surface area contributed by atoms with Gasteiger partial charge in [0, 0.05) is 0 Å². The Morgan fingerprint density at radius 1 is 1.90 bits per heavy atom. The molecule has 0 aromatic heterocycles. The van der Waals surface area contributed by atoms with Crippen molar-refractivity contribution in [2.45, 2.75) is 0 Å². The molecule has 0 saturated carbocycles. The molecule has 6 heteroatoms. The lowest BCUT2D eigenvalue weighted by Crippen LogP contribution is -2.41. The van der Waals surface area contributed by atoms with Crippen LogP contribution in [0.4, 0.5) is 0 Å². The molecule has 0 aromatic rings. The SMILES string of the molecule is CSC1=NN(O)C(=O)CN1. The summed E-state index contributed by atoms with van der Waals surface area (Å²) in [6.45, 7) is 0.107. The Balaban J connectivity index is 2.65. The van der Waals surface area contributed by atoms with Gasteiger partial charge in [0.15, 0.2) is 5.17 Å². The van der Waals surface area contributed by atoms with Crippen molar-refractivity contribution in [1.29, 1.82) is 0 Å². The fourth-order valence-corrected chi connectivity index (χ4v) is 0.888. The van der Waals surface area contributed by atoms with Crippen molar-refractivity contribution in [2.24, 2.45) is 5.10 Å². The average Bonchev–Trinajstić information content (AvgIpc) is 1.95. The topological polar surface area (TPSA) is 64.9 Å². The Labute approximate surface area is 62.0 Å². The number of rotatable bonds is 0. The summed E-state index contributed by atoms with van der Waals surface area (Å²) in [6.07, 6.45) is 1.80. The summed E-state index contributed by atoms with van der Waals surface area (Å²) < 4.78 is 0. The smallest absolute Gasteiger partial charge is 0.287 e. The number of nitrogens with one attached hydrogen (secondary N) is 1. The first kappa shape index (κ1) is 7.36. The van der Waals surface area contributed by atoms with Crippen molar-refractivity contribution in [3.05, 3.63) is 0 Å². The van der Waals surface area contributed by atoms with E-state index in [1.165, 1.54) is 11.8 Å². The summed E-state index contributed by atoms with van der Waals surface area (Å²) in [7, 11) is 0. The molecule has 0 fully saturated rings. The van der Waals surface area contributed by atoms with Crippen LogP contribution in [-0.2, 0) is 4.79 Å². The van der Waals surface area contributed by atoms with E-state index in [4.69, 9.17) is 5.21 Å². The molecule has 10 heavy (non-hydrogen) atoms. The molecular formula is C4H7N3O2S. The Morgan fingerprint density at radius 2 is 2.60 bits per heavy atom. The fourth-order valence-electron chi connectivity index (χ4n) is 0.512. The zero-order valence-electron chi connectivity index (χ0n) is 5.37. The molecule has 0 aliphatic carbocycles. The number of carbonyl (C=O) groups is 1. The summed E-state index contributed by atoms with van der Waals surface area (Å²) in [5, 5.41) is 15.8. The third-order valence-electron chi connectivity index (χ3n) is 0.993. The van der Waals surface area contributed by atoms with Gasteiger partial charge in [0.05, 0.1) is 0 Å². The summed E-state index contributed by atoms with van der Waals surface area (Å²) >= 11 is 1.34. The van der Waals surface area contributed by atoms with Crippen LogP contribution < -0.4 is 5.32 Å². The molecule has 1 aliphatic rings. The van der Waals surface area contributed by atoms with Gasteiger partial charge in [0.1, 0.15) is 6.54 Å². The van der Waals surface area contributed by atoms with Crippen LogP contribution in [0.15, 0.2) is 5.10 Å². The number of hydrogen-bond donors (Lipinski definition) is 2. The first-order valence-electron chi connectivity index (χ1n) is 2.62. The van der Waals surface area contributed by atoms with Gasteiger partial charge in [-0.15, -0.1) is 10.3 Å². The molecule has 0 spiro atoms. The van der Waals surface area contributed by atoms with E-state index in [0.29, 0.717) is 10.3 Å². The molecule has 0 unspecified atom stereocenters. The van der Waals surface area contributed by atoms with Gasteiger partial charge in [-0.2, -0.15) is 0 Å². The highest BCUT2D eigenvalue weighted by atomic mass is 32.2. The number of amidine groups is 1. The monoisotopic (exact) mass is 161 g/mol. The van der Waals surface area contributed by atoms with Crippen LogP contribution in [0.1, 0.15) is 0 Å². The maximum Gasteiger partial charge on any atom is 0.287 e. The average molecular weight is 161 g/mol. The molecule has 1 aliphatic heterocycles. The van der Waals surface area contributed by atoms with Gasteiger partial charge in [-0.25, -0.2) is 0 Å². The number of hydrazone groups is 1. The highest BCUT2D eigenvalue weighted by molar-refractivity contribution is 8.13. The minimum Gasteiger partial charge on any atom is -0.354 e. The summed E-state index contributed by atoms with van der Waals surface area (Å²) in [5.41, 5.74) is 0. The number of carbonyl (C=O) groups excluding carboxylic acids is 1. The quantitative estimate of drug-likeness (QED) is 0.467. The molecule has 56 valence electrons. The number of amides is 1. The Kier molecular flexibility index (Phi) is 2.13. The van der Waals surface area contributed by atoms with Crippen LogP contribution in [0.3, 0.4) is 0 Å². The van der Waals surface area contributed by atoms with Crippen LogP contribution in [0.25, 0.3) is 0 Å². The van der Waals surface area contributed by atoms with E-state index in [0.717, 1.165) is 0 Å². The van der Waals surface area contributed by atoms with E-state index in [9.17, 15) is 4.79 Å². The van der Waals surface area contributed by atoms with Gasteiger partial charge in [-0.05, 0) is 6.26 Å². The molecule has 0 aromatic carbocycles. The third-order valence-corrected chi connectivity index (χ3v) is 1.61. The van der Waals surface area contributed by atoms with Gasteiger partial charge in [0.2, 0.25) is 0 Å². The van der Waals surface area contributed by atoms with Crippen LogP contribution in [0.2, 0.25) is 0 Å². The Morgan fingerprint density at radius 3 is 3.10 bits per heavy atom. The second-order valence-corrected chi connectivity index (χ2v) is 2.44. The van der Waals surface area contributed by atoms with Crippen molar-refractivity contribution in [3.8, 4) is 0 Å². The number of hydroxylamine groups is 1. The first-order valence-corrected chi connectivity index (χ1v) is 3.85. The van der Waals surface area contributed by atoms with Crippen LogP contribution in [0.5, 0.6) is 0 Å². The van der Waals surface area contributed by atoms with E-state index in [1.807, 2.05) is 0 Å². The summed E-state index contributed by atoms with van der Waals surface area (Å²) in [5.74, 6) is -0.446. The lowest BCUT2D eigenvalue weighted by molar-refractivity contribution is -0.165. The van der Waals surface area contributed by atoms with E-state index in [1.54, 1.807) is 6.26 Å². The standard InChI is InChI=1S/C4H7N3O2S/c1-10-4-5-2-3(8)7(9)6-4/h9H,2H2,1H3,(H,5,6). The molecule has 0 radical (unpaired) electrons. The molecule has 1 rings (SSSR count). The lowest BCUT2D eigenvalue weighted by Gasteiger charge is -2.17. The minimum atomic E-state index is -0.446. The first-order chi connectivity index (χ1) is 4.74. The van der Waals surface area contributed by atoms with Crippen molar-refractivity contribution >= 4 is 22.8 Å². The normalized spacial score (nSPS) is 18.4. The maximum absolute atomic E-state index is 10.6. The molecule has 0 bridgehead atoms. The zero-order valence-corrected chi connectivity index (χ0v) is 6.18. The van der Waals surface area contributed by atoms with Crippen molar-refractivity contribution in [1.82, 2.24) is 10.5 Å². The maximum atomic E-state index is 10.6. The van der Waals surface area contributed by atoms with E-state index < -0.39 is 5.91 Å². The molecule has 0 saturated heterocycles. The van der Waals surface area contributed by atoms with Crippen molar-refractivity contribution < 1.29 is 10.0 Å². The zero-order chi connectivity index (χ0) is 7.56. The number of nitrogens with zero attached hydrogens (tertiary/aromatic N) is 2. The number of thioether (sulfide) groups is 1. The van der Waals surface area contributed by atoms with Gasteiger partial charge >= 0.3 is 0 Å². The molecule has 5 nitrogen and oxygen atoms in total. The molecule has 1 heterocycles. The molecule has 0 atom stereocenters. The minimum absolute atomic E-state index is 0.107. The highest BCUT2D eigenvalue weighted by Crippen LogP contribution is 2.00. The molecule has 2 N–H and O–H groups in total. The third kappa shape index (κ3) is 1.39. The van der Waals surface area contributed by atoms with Gasteiger partial charge in [0.25, 0.3) is 5.91 Å². The van der Waals surface area contributed by atoms with Crippen LogP contribution in [-0.4, -0.2) is 34.3 Å². The molecular weight excluding hydrogens is 154 g/mol. The lowest BCUT2D eigenvalue weighted by atomic mass is 10.6. The van der Waals surface area contributed by atoms with E-state index >= 15 is 0 Å². The highest BCUT2D eigenvalue weighted by Gasteiger charge is 2.16. The van der Waals surface area contributed by atoms with Crippen molar-refractivity contribution in [3.63, 3.8) is 0 Å². The summed E-state index contributed by atoms with van der Waals surface area (Å²) in [4.78, 5) is 10.6. The molecule has 1 amide bonds. The predicted molar refractivity (Wildman–Crippen MR) is 37.6 cm³/mol. The van der Waals surface area contributed by atoms with Gasteiger partial charge in [-0.3, -0.25) is 10.0 Å². The van der Waals surface area contributed by atoms with E-state index in [2.05, 4.69) is 10.4 Å². The van der Waals surface area contributed by atoms with E-state index in [-0.39, 0.29) is 6.54 Å². The number of hydrogen-bond acceptors (Lipinski definition) is 5. The van der Waals surface area contributed by atoms with Crippen LogP contribution in [0, 0.1) is 0 Å². The second-order valence-electron chi connectivity index (χ2n) is 1.65. The summed E-state index contributed by atoms with van der Waals surface area (Å²) in [6, 6.07) is 0. The van der Waals surface area contributed by atoms with Crippen LogP contribution >= 0.6 is 11.8 Å². The second kappa shape index (κ2) is 2.89. The van der Waals surface area contributed by atoms with Crippen molar-refractivity contribution in [2.75, 3.05) is 12.8 Å². The Hall–Kier alpha value is -0.750.